The Hall–Kier alpha value is -2.13. The molecule has 0 radical (unpaired) electrons. The van der Waals surface area contributed by atoms with Crippen LogP contribution in [0.15, 0.2) is 54.6 Å². The molecule has 0 amide bonds. The lowest BCUT2D eigenvalue weighted by atomic mass is 9.92. The van der Waals surface area contributed by atoms with E-state index in [2.05, 4.69) is 0 Å². The fourth-order valence-corrected chi connectivity index (χ4v) is 1.86. The van der Waals surface area contributed by atoms with Crippen LogP contribution in [-0.2, 0) is 16.1 Å². The van der Waals surface area contributed by atoms with Crippen LogP contribution in [0.1, 0.15) is 25.8 Å². The average Bonchev–Trinajstić information content (AvgIpc) is 2.54. The minimum atomic E-state index is -0.312. The average molecular weight is 298 g/mol. The topological polar surface area (TPSA) is 35.5 Å². The molecule has 0 aliphatic heterocycles. The van der Waals surface area contributed by atoms with Gasteiger partial charge in [0.05, 0.1) is 6.61 Å². The summed E-state index contributed by atoms with van der Waals surface area (Å²) in [6, 6.07) is 17.5. The van der Waals surface area contributed by atoms with Crippen LogP contribution in [0.2, 0.25) is 0 Å². The van der Waals surface area contributed by atoms with Gasteiger partial charge in [-0.05, 0) is 36.2 Å². The van der Waals surface area contributed by atoms with E-state index in [0.717, 1.165) is 29.8 Å². The maximum Gasteiger partial charge on any atom is 0.127 e. The van der Waals surface area contributed by atoms with E-state index < -0.39 is 0 Å². The number of aldehydes is 1. The van der Waals surface area contributed by atoms with Crippen molar-refractivity contribution in [3.8, 4) is 11.5 Å². The van der Waals surface area contributed by atoms with Crippen molar-refractivity contribution in [1.29, 1.82) is 0 Å². The summed E-state index contributed by atoms with van der Waals surface area (Å²) in [7, 11) is 0. The van der Waals surface area contributed by atoms with Crippen molar-refractivity contribution in [1.82, 2.24) is 0 Å². The molecule has 2 aromatic rings. The van der Waals surface area contributed by atoms with Crippen LogP contribution in [0, 0.1) is 5.41 Å². The fourth-order valence-electron chi connectivity index (χ4n) is 1.86. The molecule has 22 heavy (non-hydrogen) atoms. The summed E-state index contributed by atoms with van der Waals surface area (Å²) in [4.78, 5) is 10.8. The maximum absolute atomic E-state index is 10.8. The van der Waals surface area contributed by atoms with Crippen LogP contribution in [0.25, 0.3) is 0 Å². The first-order valence-electron chi connectivity index (χ1n) is 7.45. The second-order valence-corrected chi connectivity index (χ2v) is 5.97. The van der Waals surface area contributed by atoms with E-state index in [1.165, 1.54) is 0 Å². The normalized spacial score (nSPS) is 11.2. The molecule has 0 atom stereocenters. The van der Waals surface area contributed by atoms with E-state index >= 15 is 0 Å². The third-order valence-corrected chi connectivity index (χ3v) is 3.38. The summed E-state index contributed by atoms with van der Waals surface area (Å²) in [5.41, 5.74) is 0.775. The molecule has 0 aromatic heterocycles. The predicted molar refractivity (Wildman–Crippen MR) is 87.1 cm³/mol. The minimum Gasteiger partial charge on any atom is -0.457 e. The van der Waals surface area contributed by atoms with E-state index in [0.29, 0.717) is 13.2 Å². The zero-order chi connectivity index (χ0) is 15.8. The van der Waals surface area contributed by atoms with Crippen molar-refractivity contribution in [3.63, 3.8) is 0 Å². The number of benzene rings is 2. The molecule has 116 valence electrons. The van der Waals surface area contributed by atoms with Gasteiger partial charge in [0.15, 0.2) is 0 Å². The zero-order valence-corrected chi connectivity index (χ0v) is 13.1. The zero-order valence-electron chi connectivity index (χ0n) is 13.1. The first-order valence-corrected chi connectivity index (χ1v) is 7.45. The fraction of sp³-hybridized carbons (Fsp3) is 0.316. The molecule has 0 N–H and O–H groups in total. The number of ether oxygens (including phenoxy) is 2. The van der Waals surface area contributed by atoms with Crippen molar-refractivity contribution >= 4 is 6.29 Å². The lowest BCUT2D eigenvalue weighted by molar-refractivity contribution is -0.115. The Morgan fingerprint density at radius 3 is 2.23 bits per heavy atom. The molecule has 2 rings (SSSR count). The predicted octanol–water partition coefficient (Wildman–Crippen LogP) is 4.61. The highest BCUT2D eigenvalue weighted by molar-refractivity contribution is 5.57. The molecule has 0 saturated carbocycles. The first kappa shape index (κ1) is 16.2. The van der Waals surface area contributed by atoms with E-state index in [4.69, 9.17) is 9.47 Å². The van der Waals surface area contributed by atoms with Crippen molar-refractivity contribution in [2.24, 2.45) is 5.41 Å². The van der Waals surface area contributed by atoms with Crippen molar-refractivity contribution in [3.05, 3.63) is 60.2 Å². The Morgan fingerprint density at radius 2 is 1.59 bits per heavy atom. The highest BCUT2D eigenvalue weighted by atomic mass is 16.5. The number of rotatable bonds is 8. The highest BCUT2D eigenvalue weighted by Crippen LogP contribution is 2.21. The highest BCUT2D eigenvalue weighted by Gasteiger charge is 2.15. The van der Waals surface area contributed by atoms with Gasteiger partial charge in [0, 0.05) is 12.0 Å². The van der Waals surface area contributed by atoms with Crippen LogP contribution >= 0.6 is 0 Å². The molecule has 3 nitrogen and oxygen atoms in total. The number of hydrogen-bond donors (Lipinski definition) is 0. The standard InChI is InChI=1S/C19H22O3/c1-19(2,15-20)12-13-21-14-16-8-10-18(11-9-16)22-17-6-4-3-5-7-17/h3-11,15H,12-14H2,1-2H3. The van der Waals surface area contributed by atoms with Crippen LogP contribution in [0.4, 0.5) is 0 Å². The smallest absolute Gasteiger partial charge is 0.127 e. The van der Waals surface area contributed by atoms with Crippen LogP contribution in [0.5, 0.6) is 11.5 Å². The van der Waals surface area contributed by atoms with Gasteiger partial charge < -0.3 is 14.3 Å². The van der Waals surface area contributed by atoms with Crippen LogP contribution in [-0.4, -0.2) is 12.9 Å². The molecular weight excluding hydrogens is 276 g/mol. The lowest BCUT2D eigenvalue weighted by Crippen LogP contribution is -2.15. The SMILES string of the molecule is CC(C)(C=O)CCOCc1ccc(Oc2ccccc2)cc1. The number of hydrogen-bond acceptors (Lipinski definition) is 3. The Kier molecular flexibility index (Phi) is 5.73. The van der Waals surface area contributed by atoms with Gasteiger partial charge in [0.1, 0.15) is 17.8 Å². The van der Waals surface area contributed by atoms with E-state index in [1.807, 2.05) is 68.4 Å². The summed E-state index contributed by atoms with van der Waals surface area (Å²) in [5, 5.41) is 0. The summed E-state index contributed by atoms with van der Waals surface area (Å²) >= 11 is 0. The minimum absolute atomic E-state index is 0.312. The summed E-state index contributed by atoms with van der Waals surface area (Å²) in [6.07, 6.45) is 1.71. The largest absolute Gasteiger partial charge is 0.457 e. The maximum atomic E-state index is 10.8. The molecule has 0 heterocycles. The van der Waals surface area contributed by atoms with Crippen molar-refractivity contribution in [2.75, 3.05) is 6.61 Å². The second-order valence-electron chi connectivity index (χ2n) is 5.97. The number of carbonyl (C=O) groups excluding carboxylic acids is 1. The molecule has 0 aliphatic carbocycles. The molecule has 3 heteroatoms. The summed E-state index contributed by atoms with van der Waals surface area (Å²) < 4.78 is 11.4. The third-order valence-electron chi connectivity index (χ3n) is 3.38. The van der Waals surface area contributed by atoms with Gasteiger partial charge in [0.25, 0.3) is 0 Å². The molecule has 0 bridgehead atoms. The quantitative estimate of drug-likeness (QED) is 0.527. The van der Waals surface area contributed by atoms with E-state index in [9.17, 15) is 4.79 Å². The van der Waals surface area contributed by atoms with Crippen molar-refractivity contribution in [2.45, 2.75) is 26.9 Å². The van der Waals surface area contributed by atoms with Gasteiger partial charge in [-0.25, -0.2) is 0 Å². The Labute approximate surface area is 131 Å². The van der Waals surface area contributed by atoms with Gasteiger partial charge in [-0.3, -0.25) is 0 Å². The molecule has 0 unspecified atom stereocenters. The molecule has 0 aliphatic rings. The van der Waals surface area contributed by atoms with Gasteiger partial charge in [0.2, 0.25) is 0 Å². The monoisotopic (exact) mass is 298 g/mol. The van der Waals surface area contributed by atoms with Crippen LogP contribution in [0.3, 0.4) is 0 Å². The Morgan fingerprint density at radius 1 is 0.955 bits per heavy atom. The molecule has 0 spiro atoms. The molecule has 0 saturated heterocycles. The number of carbonyl (C=O) groups is 1. The van der Waals surface area contributed by atoms with Gasteiger partial charge in [-0.1, -0.05) is 44.2 Å². The van der Waals surface area contributed by atoms with Gasteiger partial charge in [-0.15, -0.1) is 0 Å². The van der Waals surface area contributed by atoms with E-state index in [1.54, 1.807) is 0 Å². The Bertz CT molecular complexity index is 573. The first-order chi connectivity index (χ1) is 10.6. The Balaban J connectivity index is 1.78. The van der Waals surface area contributed by atoms with Crippen LogP contribution < -0.4 is 4.74 Å². The second kappa shape index (κ2) is 7.76. The molecule has 2 aromatic carbocycles. The third kappa shape index (κ3) is 5.34. The molecule has 0 fully saturated rings. The van der Waals surface area contributed by atoms with Gasteiger partial charge in [-0.2, -0.15) is 0 Å². The van der Waals surface area contributed by atoms with E-state index in [-0.39, 0.29) is 5.41 Å². The van der Waals surface area contributed by atoms with Crippen molar-refractivity contribution < 1.29 is 14.3 Å². The summed E-state index contributed by atoms with van der Waals surface area (Å²) in [5.74, 6) is 1.62. The van der Waals surface area contributed by atoms with Gasteiger partial charge >= 0.3 is 0 Å². The lowest BCUT2D eigenvalue weighted by Gasteiger charge is -2.16. The number of para-hydroxylation sites is 1. The molecular formula is C19H22O3. The summed E-state index contributed by atoms with van der Waals surface area (Å²) in [6.45, 7) is 4.95.